The monoisotopic (exact) mass is 377 g/mol. The lowest BCUT2D eigenvalue weighted by Gasteiger charge is -2.03. The molecular weight excluding hydrogens is 362 g/mol. The van der Waals surface area contributed by atoms with Crippen molar-refractivity contribution >= 4 is 34.1 Å². The second kappa shape index (κ2) is 7.00. The normalized spacial score (nSPS) is 12.3. The molecule has 27 heavy (non-hydrogen) atoms. The first-order valence-electron chi connectivity index (χ1n) is 8.16. The van der Waals surface area contributed by atoms with Crippen LogP contribution in [0.1, 0.15) is 5.56 Å². The largest absolute Gasteiger partial charge is 0.361 e. The molecule has 0 unspecified atom stereocenters. The summed E-state index contributed by atoms with van der Waals surface area (Å²) in [6.45, 7) is 0. The minimum Gasteiger partial charge on any atom is -0.361 e. The molecule has 2 heterocycles. The number of rotatable bonds is 4. The van der Waals surface area contributed by atoms with E-state index in [1.165, 1.54) is 23.5 Å². The van der Waals surface area contributed by atoms with Crippen LogP contribution in [0, 0.1) is 10.1 Å². The lowest BCUT2D eigenvalue weighted by atomic mass is 10.1. The summed E-state index contributed by atoms with van der Waals surface area (Å²) in [5.41, 5.74) is 3.74. The molecule has 0 atom stereocenters. The van der Waals surface area contributed by atoms with Gasteiger partial charge in [-0.15, -0.1) is 11.3 Å². The number of benzene rings is 2. The maximum absolute atomic E-state index is 10.9. The van der Waals surface area contributed by atoms with Crippen molar-refractivity contribution < 1.29 is 4.92 Å². The highest BCUT2D eigenvalue weighted by molar-refractivity contribution is 7.07. The average molecular weight is 377 g/mol. The van der Waals surface area contributed by atoms with Gasteiger partial charge in [0.2, 0.25) is 4.80 Å². The summed E-state index contributed by atoms with van der Waals surface area (Å²) >= 11 is 1.46. The molecule has 0 fully saturated rings. The Balaban J connectivity index is 1.76. The predicted octanol–water partition coefficient (Wildman–Crippen LogP) is 4.02. The molecule has 7 nitrogen and oxygen atoms in total. The molecular formula is C19H15N5O2S. The number of nitrogens with one attached hydrogen (secondary N) is 1. The zero-order valence-corrected chi connectivity index (χ0v) is 15.2. The van der Waals surface area contributed by atoms with E-state index in [1.54, 1.807) is 30.1 Å². The summed E-state index contributed by atoms with van der Waals surface area (Å²) in [5, 5.41) is 18.5. The highest BCUT2D eigenvalue weighted by atomic mass is 32.1. The van der Waals surface area contributed by atoms with Crippen LogP contribution in [0.15, 0.2) is 70.2 Å². The summed E-state index contributed by atoms with van der Waals surface area (Å²) in [4.78, 5) is 18.7. The van der Waals surface area contributed by atoms with Crippen molar-refractivity contribution in [1.82, 2.24) is 9.66 Å². The summed E-state index contributed by atoms with van der Waals surface area (Å²) in [6, 6.07) is 14.4. The van der Waals surface area contributed by atoms with Crippen molar-refractivity contribution in [2.75, 3.05) is 7.05 Å². The SMILES string of the molecule is CN=c1scc(-c2ccc([N+](=O)[O-])cc2)n1N=Cc1c[nH]c2ccccc12. The molecule has 0 aliphatic rings. The molecule has 0 spiro atoms. The second-order valence-corrected chi connectivity index (χ2v) is 6.61. The quantitative estimate of drug-likeness (QED) is 0.331. The Kier molecular flexibility index (Phi) is 4.39. The molecule has 0 bridgehead atoms. The van der Waals surface area contributed by atoms with E-state index in [2.05, 4.69) is 15.1 Å². The van der Waals surface area contributed by atoms with Crippen molar-refractivity contribution in [3.05, 3.63) is 80.6 Å². The average Bonchev–Trinajstić information content (AvgIpc) is 3.30. The Labute approximate surface area is 158 Å². The van der Waals surface area contributed by atoms with Crippen molar-refractivity contribution in [1.29, 1.82) is 0 Å². The van der Waals surface area contributed by atoms with Gasteiger partial charge in [0.1, 0.15) is 0 Å². The third kappa shape index (κ3) is 3.18. The highest BCUT2D eigenvalue weighted by Gasteiger charge is 2.10. The number of thiazole rings is 1. The van der Waals surface area contributed by atoms with E-state index in [1.807, 2.05) is 35.8 Å². The summed E-state index contributed by atoms with van der Waals surface area (Å²) in [6.07, 6.45) is 3.70. The minimum absolute atomic E-state index is 0.0585. The van der Waals surface area contributed by atoms with Crippen LogP contribution in [-0.4, -0.2) is 27.8 Å². The van der Waals surface area contributed by atoms with E-state index in [0.29, 0.717) is 0 Å². The molecule has 4 aromatic rings. The molecule has 2 aromatic carbocycles. The molecule has 4 rings (SSSR count). The Bertz CT molecular complexity index is 1210. The van der Waals surface area contributed by atoms with E-state index in [9.17, 15) is 10.1 Å². The van der Waals surface area contributed by atoms with Gasteiger partial charge in [-0.05, 0) is 18.2 Å². The number of fused-ring (bicyclic) bond motifs is 1. The van der Waals surface area contributed by atoms with Gasteiger partial charge >= 0.3 is 0 Å². The molecule has 1 N–H and O–H groups in total. The summed E-state index contributed by atoms with van der Waals surface area (Å²) < 4.78 is 1.74. The molecule has 0 saturated carbocycles. The first-order valence-corrected chi connectivity index (χ1v) is 9.04. The third-order valence-electron chi connectivity index (χ3n) is 4.18. The van der Waals surface area contributed by atoms with Gasteiger partial charge in [0, 0.05) is 52.8 Å². The molecule has 0 amide bonds. The van der Waals surface area contributed by atoms with Crippen molar-refractivity contribution in [3.63, 3.8) is 0 Å². The molecule has 134 valence electrons. The Morgan fingerprint density at radius 1 is 1.19 bits per heavy atom. The van der Waals surface area contributed by atoms with Crippen LogP contribution in [0.5, 0.6) is 0 Å². The van der Waals surface area contributed by atoms with E-state index in [-0.39, 0.29) is 5.69 Å². The van der Waals surface area contributed by atoms with Crippen LogP contribution < -0.4 is 4.80 Å². The van der Waals surface area contributed by atoms with Crippen LogP contribution in [0.4, 0.5) is 5.69 Å². The lowest BCUT2D eigenvalue weighted by molar-refractivity contribution is -0.384. The van der Waals surface area contributed by atoms with Crippen LogP contribution in [0.25, 0.3) is 22.2 Å². The van der Waals surface area contributed by atoms with Gasteiger partial charge in [-0.2, -0.15) is 5.10 Å². The van der Waals surface area contributed by atoms with Gasteiger partial charge in [-0.1, -0.05) is 18.2 Å². The van der Waals surface area contributed by atoms with Crippen LogP contribution in [-0.2, 0) is 0 Å². The maximum atomic E-state index is 10.9. The summed E-state index contributed by atoms with van der Waals surface area (Å²) in [7, 11) is 1.71. The molecule has 0 aliphatic carbocycles. The van der Waals surface area contributed by atoms with Gasteiger partial charge in [-0.3, -0.25) is 15.1 Å². The Morgan fingerprint density at radius 3 is 2.70 bits per heavy atom. The molecule has 8 heteroatoms. The van der Waals surface area contributed by atoms with Crippen LogP contribution >= 0.6 is 11.3 Å². The Hall–Kier alpha value is -3.52. The smallest absolute Gasteiger partial charge is 0.269 e. The number of aromatic amines is 1. The van der Waals surface area contributed by atoms with E-state index >= 15 is 0 Å². The van der Waals surface area contributed by atoms with Gasteiger partial charge < -0.3 is 4.98 Å². The van der Waals surface area contributed by atoms with Gasteiger partial charge in [0.25, 0.3) is 5.69 Å². The third-order valence-corrected chi connectivity index (χ3v) is 5.09. The zero-order valence-electron chi connectivity index (χ0n) is 14.4. The predicted molar refractivity (Wildman–Crippen MR) is 107 cm³/mol. The number of non-ortho nitro benzene ring substituents is 1. The first-order chi connectivity index (χ1) is 13.2. The van der Waals surface area contributed by atoms with E-state index in [4.69, 9.17) is 0 Å². The fraction of sp³-hybridized carbons (Fsp3) is 0.0526. The first kappa shape index (κ1) is 16.9. The van der Waals surface area contributed by atoms with Crippen LogP contribution in [0.2, 0.25) is 0 Å². The highest BCUT2D eigenvalue weighted by Crippen LogP contribution is 2.23. The van der Waals surface area contributed by atoms with Crippen molar-refractivity contribution in [3.8, 4) is 11.3 Å². The number of nitrogens with zero attached hydrogens (tertiary/aromatic N) is 4. The molecule has 0 saturated heterocycles. The number of H-pyrrole nitrogens is 1. The van der Waals surface area contributed by atoms with E-state index < -0.39 is 4.92 Å². The lowest BCUT2D eigenvalue weighted by Crippen LogP contribution is -2.11. The van der Waals surface area contributed by atoms with Crippen LogP contribution in [0.3, 0.4) is 0 Å². The molecule has 0 radical (unpaired) electrons. The molecule has 2 aromatic heterocycles. The van der Waals surface area contributed by atoms with Gasteiger partial charge in [0.15, 0.2) is 0 Å². The minimum atomic E-state index is -0.409. The second-order valence-electron chi connectivity index (χ2n) is 5.78. The number of aromatic nitrogens is 2. The topological polar surface area (TPSA) is 88.6 Å². The standard InChI is InChI=1S/C19H15N5O2S/c1-20-19-23(22-11-14-10-21-17-5-3-2-4-16(14)17)18(12-27-19)13-6-8-15(9-7-13)24(25)26/h2-12,21H,1H3. The maximum Gasteiger partial charge on any atom is 0.269 e. The van der Waals surface area contributed by atoms with Gasteiger partial charge in [-0.25, -0.2) is 4.68 Å². The molecule has 0 aliphatic heterocycles. The fourth-order valence-corrected chi connectivity index (χ4v) is 3.64. The number of nitro benzene ring substituents is 1. The number of para-hydroxylation sites is 1. The number of hydrogen-bond donors (Lipinski definition) is 1. The van der Waals surface area contributed by atoms with E-state index in [0.717, 1.165) is 32.5 Å². The van der Waals surface area contributed by atoms with Crippen molar-refractivity contribution in [2.45, 2.75) is 0 Å². The van der Waals surface area contributed by atoms with Crippen molar-refractivity contribution in [2.24, 2.45) is 10.1 Å². The van der Waals surface area contributed by atoms with Gasteiger partial charge in [0.05, 0.1) is 16.8 Å². The summed E-state index contributed by atoms with van der Waals surface area (Å²) in [5.74, 6) is 0. The number of hydrogen-bond acceptors (Lipinski definition) is 5. The number of nitro groups is 1. The zero-order chi connectivity index (χ0) is 18.8. The Morgan fingerprint density at radius 2 is 1.96 bits per heavy atom. The fourth-order valence-electron chi connectivity index (χ4n) is 2.84.